The molecule has 1 aromatic heterocycles. The van der Waals surface area contributed by atoms with Crippen LogP contribution in [0.25, 0.3) is 17.1 Å². The molecule has 2 N–H and O–H groups in total. The Morgan fingerprint density at radius 1 is 1.59 bits per heavy atom. The average molecular weight is 231 g/mol. The molecule has 0 aliphatic heterocycles. The predicted molar refractivity (Wildman–Crippen MR) is 64.4 cm³/mol. The number of carbonyl (C=O) groups excluding carboxylic acids is 1. The number of nitrogens with one attached hydrogen (secondary N) is 1. The van der Waals surface area contributed by atoms with Crippen LogP contribution in [0.5, 0.6) is 0 Å². The van der Waals surface area contributed by atoms with Gasteiger partial charge in [-0.1, -0.05) is 6.07 Å². The van der Waals surface area contributed by atoms with Gasteiger partial charge in [0, 0.05) is 12.6 Å². The first-order valence-electron chi connectivity index (χ1n) is 5.31. The Balaban J connectivity index is 2.32. The summed E-state index contributed by atoms with van der Waals surface area (Å²) in [5.41, 5.74) is 4.36. The zero-order valence-corrected chi connectivity index (χ0v) is 9.42. The lowest BCUT2D eigenvalue weighted by Crippen LogP contribution is -2.14. The molecular formula is C12H13N3O2. The van der Waals surface area contributed by atoms with Crippen molar-refractivity contribution in [1.82, 2.24) is 15.0 Å². The summed E-state index contributed by atoms with van der Waals surface area (Å²) in [6.07, 6.45) is 4.67. The number of aromatic nitrogens is 2. The van der Waals surface area contributed by atoms with E-state index in [1.54, 1.807) is 17.9 Å². The topological polar surface area (TPSA) is 67.2 Å². The van der Waals surface area contributed by atoms with E-state index >= 15 is 0 Å². The van der Waals surface area contributed by atoms with E-state index in [0.29, 0.717) is 0 Å². The van der Waals surface area contributed by atoms with Gasteiger partial charge in [0.25, 0.3) is 5.91 Å². The van der Waals surface area contributed by atoms with Gasteiger partial charge in [-0.3, -0.25) is 10.0 Å². The SMILES string of the molecule is CCn1cnc2cc(C=CC(=O)NO)ccc21. The van der Waals surface area contributed by atoms with E-state index < -0.39 is 5.91 Å². The number of imidazole rings is 1. The minimum atomic E-state index is -0.552. The van der Waals surface area contributed by atoms with Crippen molar-refractivity contribution in [2.45, 2.75) is 13.5 Å². The Labute approximate surface area is 98.3 Å². The van der Waals surface area contributed by atoms with Crippen molar-refractivity contribution in [2.75, 3.05) is 0 Å². The first kappa shape index (κ1) is 11.3. The molecule has 0 bridgehead atoms. The van der Waals surface area contributed by atoms with Gasteiger partial charge in [-0.2, -0.15) is 0 Å². The Morgan fingerprint density at radius 3 is 3.12 bits per heavy atom. The molecule has 0 spiro atoms. The monoisotopic (exact) mass is 231 g/mol. The van der Waals surface area contributed by atoms with Crippen LogP contribution in [0.3, 0.4) is 0 Å². The normalized spacial score (nSPS) is 11.2. The molecule has 0 atom stereocenters. The molecule has 2 aromatic rings. The highest BCUT2D eigenvalue weighted by Gasteiger charge is 2.01. The highest BCUT2D eigenvalue weighted by molar-refractivity contribution is 5.91. The molecule has 1 heterocycles. The van der Waals surface area contributed by atoms with Crippen molar-refractivity contribution in [3.63, 3.8) is 0 Å². The fourth-order valence-corrected chi connectivity index (χ4v) is 1.65. The molecule has 1 amide bonds. The van der Waals surface area contributed by atoms with Gasteiger partial charge in [0.2, 0.25) is 0 Å². The Kier molecular flexibility index (Phi) is 3.20. The van der Waals surface area contributed by atoms with Crippen LogP contribution in [0.15, 0.2) is 30.6 Å². The first-order valence-corrected chi connectivity index (χ1v) is 5.31. The number of rotatable bonds is 3. The van der Waals surface area contributed by atoms with Crippen molar-refractivity contribution in [2.24, 2.45) is 0 Å². The first-order chi connectivity index (χ1) is 8.24. The summed E-state index contributed by atoms with van der Waals surface area (Å²) in [6, 6.07) is 5.75. The second kappa shape index (κ2) is 4.80. The summed E-state index contributed by atoms with van der Waals surface area (Å²) in [7, 11) is 0. The number of hydroxylamine groups is 1. The molecule has 5 nitrogen and oxygen atoms in total. The molecular weight excluding hydrogens is 218 g/mol. The van der Waals surface area contributed by atoms with E-state index in [4.69, 9.17) is 5.21 Å². The zero-order valence-electron chi connectivity index (χ0n) is 9.42. The highest BCUT2D eigenvalue weighted by atomic mass is 16.5. The summed E-state index contributed by atoms with van der Waals surface area (Å²) < 4.78 is 2.04. The standard InChI is InChI=1S/C12H13N3O2/c1-2-15-8-13-10-7-9(3-5-11(10)15)4-6-12(16)14-17/h3-8,17H,2H2,1H3,(H,14,16). The number of hydrogen-bond donors (Lipinski definition) is 2. The van der Waals surface area contributed by atoms with Crippen molar-refractivity contribution in [3.05, 3.63) is 36.2 Å². The maximum absolute atomic E-state index is 10.8. The van der Waals surface area contributed by atoms with Gasteiger partial charge in [0.05, 0.1) is 17.4 Å². The average Bonchev–Trinajstić information content (AvgIpc) is 2.78. The second-order valence-corrected chi connectivity index (χ2v) is 3.59. The molecule has 0 aliphatic rings. The van der Waals surface area contributed by atoms with Crippen LogP contribution in [0.1, 0.15) is 12.5 Å². The molecule has 88 valence electrons. The van der Waals surface area contributed by atoms with Crippen LogP contribution >= 0.6 is 0 Å². The molecule has 5 heteroatoms. The molecule has 0 saturated heterocycles. The number of hydrogen-bond acceptors (Lipinski definition) is 3. The van der Waals surface area contributed by atoms with E-state index in [0.717, 1.165) is 23.1 Å². The number of amides is 1. The number of aryl methyl sites for hydroxylation is 1. The van der Waals surface area contributed by atoms with Crippen molar-refractivity contribution >= 4 is 23.0 Å². The lowest BCUT2D eigenvalue weighted by Gasteiger charge is -1.99. The summed E-state index contributed by atoms with van der Waals surface area (Å²) in [5, 5.41) is 8.35. The van der Waals surface area contributed by atoms with Crippen LogP contribution in [0.4, 0.5) is 0 Å². The number of benzene rings is 1. The van der Waals surface area contributed by atoms with Gasteiger partial charge in [0.1, 0.15) is 0 Å². The van der Waals surface area contributed by atoms with Gasteiger partial charge in [-0.15, -0.1) is 0 Å². The van der Waals surface area contributed by atoms with Gasteiger partial charge in [0.15, 0.2) is 0 Å². The number of fused-ring (bicyclic) bond motifs is 1. The lowest BCUT2D eigenvalue weighted by molar-refractivity contribution is -0.124. The zero-order chi connectivity index (χ0) is 12.3. The van der Waals surface area contributed by atoms with E-state index in [2.05, 4.69) is 11.9 Å². The molecule has 0 unspecified atom stereocenters. The van der Waals surface area contributed by atoms with Crippen LogP contribution in [-0.4, -0.2) is 20.7 Å². The van der Waals surface area contributed by atoms with Gasteiger partial charge >= 0.3 is 0 Å². The quantitative estimate of drug-likeness (QED) is 0.478. The third kappa shape index (κ3) is 2.34. The van der Waals surface area contributed by atoms with Crippen molar-refractivity contribution < 1.29 is 10.0 Å². The smallest absolute Gasteiger partial charge is 0.267 e. The number of carbonyl (C=O) groups is 1. The molecule has 0 aliphatic carbocycles. The van der Waals surface area contributed by atoms with E-state index in [1.165, 1.54) is 6.08 Å². The lowest BCUT2D eigenvalue weighted by atomic mass is 10.2. The van der Waals surface area contributed by atoms with E-state index in [9.17, 15) is 4.79 Å². The maximum atomic E-state index is 10.8. The fraction of sp³-hybridized carbons (Fsp3) is 0.167. The van der Waals surface area contributed by atoms with Crippen molar-refractivity contribution in [3.8, 4) is 0 Å². The summed E-state index contributed by atoms with van der Waals surface area (Å²) in [5.74, 6) is -0.552. The summed E-state index contributed by atoms with van der Waals surface area (Å²) in [6.45, 7) is 2.93. The van der Waals surface area contributed by atoms with Crippen LogP contribution in [0, 0.1) is 0 Å². The second-order valence-electron chi connectivity index (χ2n) is 3.59. The third-order valence-electron chi connectivity index (χ3n) is 2.52. The van der Waals surface area contributed by atoms with Crippen LogP contribution in [0.2, 0.25) is 0 Å². The summed E-state index contributed by atoms with van der Waals surface area (Å²) >= 11 is 0. The van der Waals surface area contributed by atoms with Crippen molar-refractivity contribution in [1.29, 1.82) is 0 Å². The molecule has 0 saturated carbocycles. The minimum absolute atomic E-state index is 0.552. The van der Waals surface area contributed by atoms with Crippen LogP contribution in [-0.2, 0) is 11.3 Å². The van der Waals surface area contributed by atoms with Gasteiger partial charge in [-0.25, -0.2) is 10.5 Å². The minimum Gasteiger partial charge on any atom is -0.331 e. The Hall–Kier alpha value is -2.14. The van der Waals surface area contributed by atoms with E-state index in [1.807, 2.05) is 22.8 Å². The molecule has 0 radical (unpaired) electrons. The molecule has 0 fully saturated rings. The largest absolute Gasteiger partial charge is 0.331 e. The molecule has 17 heavy (non-hydrogen) atoms. The van der Waals surface area contributed by atoms with E-state index in [-0.39, 0.29) is 0 Å². The molecule has 2 rings (SSSR count). The Morgan fingerprint density at radius 2 is 2.41 bits per heavy atom. The Bertz CT molecular complexity index is 572. The van der Waals surface area contributed by atoms with Gasteiger partial charge in [-0.05, 0) is 30.7 Å². The predicted octanol–water partition coefficient (Wildman–Crippen LogP) is 1.57. The molecule has 1 aromatic carbocycles. The number of nitrogens with zero attached hydrogens (tertiary/aromatic N) is 2. The highest BCUT2D eigenvalue weighted by Crippen LogP contribution is 2.15. The fourth-order valence-electron chi connectivity index (χ4n) is 1.65. The van der Waals surface area contributed by atoms with Gasteiger partial charge < -0.3 is 4.57 Å². The maximum Gasteiger partial charge on any atom is 0.267 e. The van der Waals surface area contributed by atoms with Crippen LogP contribution < -0.4 is 5.48 Å². The summed E-state index contributed by atoms with van der Waals surface area (Å²) in [4.78, 5) is 15.1. The third-order valence-corrected chi connectivity index (χ3v) is 2.52.